The zero-order valence-corrected chi connectivity index (χ0v) is 50.6. The monoisotopic (exact) mass is 1220 g/mol. The van der Waals surface area contributed by atoms with Crippen LogP contribution in [0.15, 0.2) is 0 Å². The van der Waals surface area contributed by atoms with E-state index < -0.39 is 17.9 Å². The van der Waals surface area contributed by atoms with E-state index in [1.54, 1.807) is 14.1 Å². The van der Waals surface area contributed by atoms with Crippen LogP contribution in [-0.4, -0.2) is 254 Å². The third kappa shape index (κ3) is 53.5. The lowest BCUT2D eigenvalue weighted by molar-refractivity contribution is -0.128. The Balaban J connectivity index is 4.12. The number of thioether (sulfide) groups is 1. The number of primary amides is 2. The highest BCUT2D eigenvalue weighted by atomic mass is 32.2. The Hall–Kier alpha value is -5.19. The SMILES string of the molecule is CN[C@@H](CCCCNC[C@H](CCCCNC(=O)CCCC(=O)NCCOCCOCC(=O)NCCOCCOCC(=O)NCCCC[C@H](NC)C(N)=O)NC(=O)COCCOCCNC(=O)COCCOCCNC(=O)CSC(C)=O)C(N)=O. The van der Waals surface area contributed by atoms with Crippen molar-refractivity contribution < 1.29 is 85.8 Å². The standard InChI is InChI=1S/C53H100N12O18S/c1-41(66)84-40-51(73)64-22-26-79-29-33-82-38-49(71)63-21-25-78-30-34-83-39-50(72)65-42(35-58-16-7-5-12-43(56-2)52(54)74)11-4-8-17-59-45(67)14-10-15-46(68)61-19-23-76-27-32-81-37-48(70)62-20-24-77-28-31-80-36-47(69)60-18-9-6-13-44(57-3)53(55)75/h42-44,56-58H,4-40H2,1-3H3,(H2,54,74)(H2,55,75)(H,59,67)(H,60,69)(H,61,68)(H,62,70)(H,63,71)(H,64,73)(H,65,72)/t42-,43-,44-/m0/s1. The summed E-state index contributed by atoms with van der Waals surface area (Å²) in [4.78, 5) is 119. The number of rotatable bonds is 60. The summed E-state index contributed by atoms with van der Waals surface area (Å²) < 4.78 is 43.1. The molecule has 31 heteroatoms. The van der Waals surface area contributed by atoms with Gasteiger partial charge in [-0.3, -0.25) is 47.9 Å². The molecule has 0 spiro atoms. The number of amides is 9. The van der Waals surface area contributed by atoms with Gasteiger partial charge in [0.25, 0.3) is 0 Å². The zero-order chi connectivity index (χ0) is 62.1. The molecule has 486 valence electrons. The van der Waals surface area contributed by atoms with Gasteiger partial charge in [0.15, 0.2) is 5.12 Å². The normalized spacial score (nSPS) is 12.1. The van der Waals surface area contributed by atoms with Crippen LogP contribution in [0.5, 0.6) is 0 Å². The summed E-state index contributed by atoms with van der Waals surface area (Å²) >= 11 is 0.932. The van der Waals surface area contributed by atoms with Gasteiger partial charge in [0.1, 0.15) is 26.4 Å². The van der Waals surface area contributed by atoms with E-state index in [1.807, 2.05) is 0 Å². The van der Waals surface area contributed by atoms with Gasteiger partial charge in [-0.25, -0.2) is 0 Å². The first-order valence-electron chi connectivity index (χ1n) is 28.9. The molecule has 9 amide bonds. The number of carbonyl (C=O) groups excluding carboxylic acids is 10. The molecule has 0 aliphatic rings. The van der Waals surface area contributed by atoms with Crippen molar-refractivity contribution in [2.45, 2.75) is 102 Å². The minimum Gasteiger partial charge on any atom is -0.377 e. The van der Waals surface area contributed by atoms with E-state index in [0.717, 1.165) is 31.0 Å². The molecule has 84 heavy (non-hydrogen) atoms. The Labute approximate surface area is 499 Å². The number of likely N-dealkylation sites (N-methyl/N-ethyl adjacent to an activating group) is 2. The van der Waals surface area contributed by atoms with Crippen molar-refractivity contribution in [2.24, 2.45) is 11.5 Å². The second kappa shape index (κ2) is 56.9. The van der Waals surface area contributed by atoms with Gasteiger partial charge < -0.3 is 103 Å². The van der Waals surface area contributed by atoms with Crippen molar-refractivity contribution in [2.75, 3.05) is 178 Å². The fourth-order valence-corrected chi connectivity index (χ4v) is 7.66. The molecule has 0 unspecified atom stereocenters. The number of carbonyl (C=O) groups is 10. The second-order valence-corrected chi connectivity index (χ2v) is 20.0. The average molecular weight is 1230 g/mol. The van der Waals surface area contributed by atoms with Crippen LogP contribution in [0.25, 0.3) is 0 Å². The third-order valence-electron chi connectivity index (χ3n) is 11.7. The highest BCUT2D eigenvalue weighted by molar-refractivity contribution is 8.14. The molecular weight excluding hydrogens is 1120 g/mol. The van der Waals surface area contributed by atoms with Crippen molar-refractivity contribution in [3.63, 3.8) is 0 Å². The van der Waals surface area contributed by atoms with Gasteiger partial charge in [-0.2, -0.15) is 0 Å². The Morgan fingerprint density at radius 1 is 0.381 bits per heavy atom. The van der Waals surface area contributed by atoms with Crippen molar-refractivity contribution >= 4 is 70.0 Å². The molecule has 0 aliphatic heterocycles. The maximum atomic E-state index is 12.8. The largest absolute Gasteiger partial charge is 0.377 e. The summed E-state index contributed by atoms with van der Waals surface area (Å²) in [7, 11) is 3.36. The molecule has 0 radical (unpaired) electrons. The Morgan fingerprint density at radius 2 is 0.726 bits per heavy atom. The van der Waals surface area contributed by atoms with Crippen molar-refractivity contribution in [3.8, 4) is 0 Å². The van der Waals surface area contributed by atoms with Gasteiger partial charge in [-0.05, 0) is 78.4 Å². The van der Waals surface area contributed by atoms with Crippen LogP contribution >= 0.6 is 11.8 Å². The predicted molar refractivity (Wildman–Crippen MR) is 312 cm³/mol. The molecule has 3 atom stereocenters. The summed E-state index contributed by atoms with van der Waals surface area (Å²) in [6.45, 7) is 6.60. The maximum Gasteiger partial charge on any atom is 0.246 e. The third-order valence-corrected chi connectivity index (χ3v) is 12.5. The van der Waals surface area contributed by atoms with E-state index in [0.29, 0.717) is 77.7 Å². The van der Waals surface area contributed by atoms with Crippen LogP contribution in [0.2, 0.25) is 0 Å². The van der Waals surface area contributed by atoms with Crippen LogP contribution < -0.4 is 64.6 Å². The van der Waals surface area contributed by atoms with Crippen LogP contribution in [0.1, 0.15) is 84.0 Å². The quantitative estimate of drug-likeness (QED) is 0.0258. The first kappa shape index (κ1) is 78.8. The molecule has 0 saturated carbocycles. The molecular formula is C53H100N12O18S. The van der Waals surface area contributed by atoms with E-state index in [4.69, 9.17) is 49.4 Å². The number of unbranched alkanes of at least 4 members (excludes halogenated alkanes) is 3. The molecule has 0 aromatic rings. The highest BCUT2D eigenvalue weighted by Crippen LogP contribution is 2.04. The Bertz CT molecular complexity index is 1820. The van der Waals surface area contributed by atoms with Crippen LogP contribution in [-0.2, 0) is 85.8 Å². The van der Waals surface area contributed by atoms with Crippen molar-refractivity contribution in [1.29, 1.82) is 0 Å². The number of nitrogens with two attached hydrogens (primary N) is 2. The molecule has 30 nitrogen and oxygen atoms in total. The van der Waals surface area contributed by atoms with E-state index in [-0.39, 0.29) is 202 Å². The van der Waals surface area contributed by atoms with Gasteiger partial charge in [0.05, 0.1) is 97.1 Å². The number of ether oxygens (including phenoxy) is 8. The van der Waals surface area contributed by atoms with Gasteiger partial charge in [0, 0.05) is 71.6 Å². The number of nitrogens with one attached hydrogen (secondary N) is 10. The lowest BCUT2D eigenvalue weighted by Crippen LogP contribution is -2.44. The average Bonchev–Trinajstić information content (AvgIpc) is 3.45. The molecule has 0 aliphatic carbocycles. The smallest absolute Gasteiger partial charge is 0.246 e. The van der Waals surface area contributed by atoms with E-state index in [2.05, 4.69) is 53.2 Å². The van der Waals surface area contributed by atoms with Gasteiger partial charge in [-0.1, -0.05) is 18.2 Å². The number of hydrogen-bond acceptors (Lipinski definition) is 22. The summed E-state index contributed by atoms with van der Waals surface area (Å²) in [6, 6.07) is -0.985. The Morgan fingerprint density at radius 3 is 1.13 bits per heavy atom. The van der Waals surface area contributed by atoms with E-state index in [1.165, 1.54) is 6.92 Å². The molecule has 0 aromatic carbocycles. The molecule has 0 bridgehead atoms. The first-order valence-corrected chi connectivity index (χ1v) is 29.8. The number of hydrogen-bond donors (Lipinski definition) is 12. The van der Waals surface area contributed by atoms with Crippen molar-refractivity contribution in [1.82, 2.24) is 53.2 Å². The predicted octanol–water partition coefficient (Wildman–Crippen LogP) is -4.00. The minimum atomic E-state index is -0.403. The van der Waals surface area contributed by atoms with Gasteiger partial charge >= 0.3 is 0 Å². The zero-order valence-electron chi connectivity index (χ0n) is 49.8. The fourth-order valence-electron chi connectivity index (χ4n) is 7.22. The maximum absolute atomic E-state index is 12.8. The lowest BCUT2D eigenvalue weighted by atomic mass is 10.1. The van der Waals surface area contributed by atoms with E-state index in [9.17, 15) is 47.9 Å². The highest BCUT2D eigenvalue weighted by Gasteiger charge is 2.16. The molecule has 0 rings (SSSR count). The first-order chi connectivity index (χ1) is 40.6. The molecule has 0 fully saturated rings. The summed E-state index contributed by atoms with van der Waals surface area (Å²) in [5.41, 5.74) is 10.7. The minimum absolute atomic E-state index is 0.0628. The summed E-state index contributed by atoms with van der Waals surface area (Å²) in [6.07, 6.45) is 6.98. The molecule has 14 N–H and O–H groups in total. The van der Waals surface area contributed by atoms with Crippen LogP contribution in [0.4, 0.5) is 0 Å². The van der Waals surface area contributed by atoms with E-state index >= 15 is 0 Å². The summed E-state index contributed by atoms with van der Waals surface area (Å²) in [5.74, 6) is -2.55. The molecule has 0 saturated heterocycles. The lowest BCUT2D eigenvalue weighted by Gasteiger charge is -2.20. The molecule has 0 aromatic heterocycles. The van der Waals surface area contributed by atoms with Gasteiger partial charge in [-0.15, -0.1) is 0 Å². The van der Waals surface area contributed by atoms with Crippen molar-refractivity contribution in [3.05, 3.63) is 0 Å². The van der Waals surface area contributed by atoms with Gasteiger partial charge in [0.2, 0.25) is 53.2 Å². The topological polar surface area (TPSA) is 417 Å². The molecule has 0 heterocycles. The second-order valence-electron chi connectivity index (χ2n) is 18.8. The summed E-state index contributed by atoms with van der Waals surface area (Å²) in [5, 5.41) is 28.4. The fraction of sp³-hybridized carbons (Fsp3) is 0.811. The Kier molecular flexibility index (Phi) is 53.4. The van der Waals surface area contributed by atoms with Crippen LogP contribution in [0.3, 0.4) is 0 Å². The van der Waals surface area contributed by atoms with Crippen LogP contribution in [0, 0.1) is 0 Å².